The maximum absolute atomic E-state index is 12.8. The third kappa shape index (κ3) is 5.44. The highest BCUT2D eigenvalue weighted by Crippen LogP contribution is 2.36. The van der Waals surface area contributed by atoms with Crippen LogP contribution in [0.25, 0.3) is 0 Å². The molecule has 2 aromatic rings. The van der Waals surface area contributed by atoms with Crippen molar-refractivity contribution in [1.82, 2.24) is 9.21 Å². The third-order valence-electron chi connectivity index (χ3n) is 4.95. The van der Waals surface area contributed by atoms with Gasteiger partial charge in [0.05, 0.1) is 23.0 Å². The molecule has 13 heteroatoms. The van der Waals surface area contributed by atoms with Crippen LogP contribution in [0.2, 0.25) is 5.02 Å². The van der Waals surface area contributed by atoms with Crippen LogP contribution < -0.4 is 9.47 Å². The van der Waals surface area contributed by atoms with Gasteiger partial charge in [-0.1, -0.05) is 11.6 Å². The van der Waals surface area contributed by atoms with E-state index in [4.69, 9.17) is 16.3 Å². The Labute approximate surface area is 188 Å². The van der Waals surface area contributed by atoms with Crippen molar-refractivity contribution in [2.75, 3.05) is 33.3 Å². The number of nitro benzene ring substituents is 1. The molecule has 1 saturated heterocycles. The summed E-state index contributed by atoms with van der Waals surface area (Å²) in [5, 5.41) is 11.9. The highest BCUT2D eigenvalue weighted by Gasteiger charge is 2.30. The number of piperazine rings is 1. The van der Waals surface area contributed by atoms with E-state index in [9.17, 15) is 27.3 Å². The van der Waals surface area contributed by atoms with E-state index in [2.05, 4.69) is 4.74 Å². The van der Waals surface area contributed by atoms with Gasteiger partial charge in [-0.2, -0.15) is 13.1 Å². The lowest BCUT2D eigenvalue weighted by Gasteiger charge is -2.34. The molecular formula is C19H20ClF2N3O6S. The largest absolute Gasteiger partial charge is 0.493 e. The molecule has 0 unspecified atom stereocenters. The number of sulfonamides is 1. The van der Waals surface area contributed by atoms with E-state index in [1.165, 1.54) is 41.7 Å². The van der Waals surface area contributed by atoms with Crippen LogP contribution in [-0.2, 0) is 16.6 Å². The molecule has 1 fully saturated rings. The summed E-state index contributed by atoms with van der Waals surface area (Å²) in [5.74, 6) is -0.494. The molecule has 0 radical (unpaired) electrons. The lowest BCUT2D eigenvalue weighted by Crippen LogP contribution is -2.48. The molecule has 0 spiro atoms. The highest BCUT2D eigenvalue weighted by molar-refractivity contribution is 7.89. The molecule has 0 atom stereocenters. The quantitative estimate of drug-likeness (QED) is 0.412. The van der Waals surface area contributed by atoms with Gasteiger partial charge in [-0.15, -0.1) is 0 Å². The average Bonchev–Trinajstić information content (AvgIpc) is 2.74. The predicted octanol–water partition coefficient (Wildman–Crippen LogP) is 3.36. The first kappa shape index (κ1) is 24.1. The zero-order chi connectivity index (χ0) is 23.5. The molecule has 0 amide bonds. The van der Waals surface area contributed by atoms with Gasteiger partial charge in [-0.05, 0) is 30.3 Å². The van der Waals surface area contributed by atoms with Gasteiger partial charge in [-0.25, -0.2) is 8.42 Å². The zero-order valence-corrected chi connectivity index (χ0v) is 18.5. The van der Waals surface area contributed by atoms with Crippen LogP contribution in [0, 0.1) is 10.1 Å². The summed E-state index contributed by atoms with van der Waals surface area (Å²) < 4.78 is 61.5. The van der Waals surface area contributed by atoms with Gasteiger partial charge >= 0.3 is 6.61 Å². The Morgan fingerprint density at radius 2 is 1.75 bits per heavy atom. The fourth-order valence-electron chi connectivity index (χ4n) is 3.36. The summed E-state index contributed by atoms with van der Waals surface area (Å²) in [6, 6.07) is 8.05. The summed E-state index contributed by atoms with van der Waals surface area (Å²) >= 11 is 5.82. The average molecular weight is 492 g/mol. The van der Waals surface area contributed by atoms with Crippen molar-refractivity contribution in [2.24, 2.45) is 0 Å². The van der Waals surface area contributed by atoms with Gasteiger partial charge in [0, 0.05) is 43.3 Å². The summed E-state index contributed by atoms with van der Waals surface area (Å²) in [4.78, 5) is 12.8. The number of halogens is 3. The molecule has 32 heavy (non-hydrogen) atoms. The molecule has 0 bridgehead atoms. The number of rotatable bonds is 8. The molecule has 0 aliphatic carbocycles. The van der Waals surface area contributed by atoms with Crippen LogP contribution in [0.5, 0.6) is 11.5 Å². The van der Waals surface area contributed by atoms with Crippen LogP contribution >= 0.6 is 11.6 Å². The number of hydrogen-bond acceptors (Lipinski definition) is 7. The maximum Gasteiger partial charge on any atom is 0.387 e. The number of nitrogens with zero attached hydrogens (tertiary/aromatic N) is 3. The van der Waals surface area contributed by atoms with E-state index in [1.54, 1.807) is 0 Å². The monoisotopic (exact) mass is 491 g/mol. The van der Waals surface area contributed by atoms with E-state index in [1.807, 2.05) is 4.90 Å². The second-order valence-corrected chi connectivity index (χ2v) is 9.28. The molecular weight excluding hydrogens is 472 g/mol. The second kappa shape index (κ2) is 9.94. The van der Waals surface area contributed by atoms with Gasteiger partial charge in [-0.3, -0.25) is 15.0 Å². The van der Waals surface area contributed by atoms with Crippen molar-refractivity contribution in [3.63, 3.8) is 0 Å². The first-order valence-electron chi connectivity index (χ1n) is 9.40. The van der Waals surface area contributed by atoms with Gasteiger partial charge in [0.2, 0.25) is 10.0 Å². The Balaban J connectivity index is 1.74. The maximum atomic E-state index is 12.8. The van der Waals surface area contributed by atoms with Crippen molar-refractivity contribution in [3.8, 4) is 11.5 Å². The lowest BCUT2D eigenvalue weighted by molar-refractivity contribution is -0.385. The highest BCUT2D eigenvalue weighted by atomic mass is 35.5. The van der Waals surface area contributed by atoms with Crippen LogP contribution in [0.4, 0.5) is 14.5 Å². The standard InChI is InChI=1S/C19H20ClF2N3O6S/c1-30-17-10-13(16(25(26)27)11-18(17)31-19(21)22)12-23-6-8-24(9-7-23)32(28,29)15-4-2-14(20)3-5-15/h2-5,10-11,19H,6-9,12H2,1H3. The van der Waals surface area contributed by atoms with Crippen molar-refractivity contribution in [3.05, 3.63) is 57.1 Å². The minimum Gasteiger partial charge on any atom is -0.493 e. The van der Waals surface area contributed by atoms with Crippen LogP contribution in [0.3, 0.4) is 0 Å². The summed E-state index contributed by atoms with van der Waals surface area (Å²) in [6.07, 6.45) is 0. The topological polar surface area (TPSA) is 102 Å². The lowest BCUT2D eigenvalue weighted by atomic mass is 10.1. The first-order chi connectivity index (χ1) is 15.1. The van der Waals surface area contributed by atoms with E-state index < -0.39 is 33.0 Å². The molecule has 3 rings (SSSR count). The Hall–Kier alpha value is -2.54. The SMILES string of the molecule is COc1cc(CN2CCN(S(=O)(=O)c3ccc(Cl)cc3)CC2)c([N+](=O)[O-])cc1OC(F)F. The third-order valence-corrected chi connectivity index (χ3v) is 7.12. The van der Waals surface area contributed by atoms with E-state index in [-0.39, 0.29) is 35.8 Å². The Bertz CT molecular complexity index is 1080. The van der Waals surface area contributed by atoms with E-state index in [0.717, 1.165) is 6.07 Å². The van der Waals surface area contributed by atoms with Gasteiger partial charge in [0.25, 0.3) is 5.69 Å². The van der Waals surface area contributed by atoms with Gasteiger partial charge in [0.1, 0.15) is 0 Å². The summed E-state index contributed by atoms with van der Waals surface area (Å²) in [7, 11) is -2.45. The number of nitro groups is 1. The second-order valence-electron chi connectivity index (χ2n) is 6.90. The zero-order valence-electron chi connectivity index (χ0n) is 16.9. The van der Waals surface area contributed by atoms with Crippen LogP contribution in [-0.4, -0.2) is 62.4 Å². The number of methoxy groups -OCH3 is 1. The van der Waals surface area contributed by atoms with Gasteiger partial charge < -0.3 is 9.47 Å². The van der Waals surface area contributed by atoms with Crippen molar-refractivity contribution in [2.45, 2.75) is 18.1 Å². The minimum atomic E-state index is -3.69. The smallest absolute Gasteiger partial charge is 0.387 e. The summed E-state index contributed by atoms with van der Waals surface area (Å²) in [6.45, 7) is -2.05. The Morgan fingerprint density at radius 3 is 2.28 bits per heavy atom. The van der Waals surface area contributed by atoms with Crippen LogP contribution in [0.1, 0.15) is 5.56 Å². The predicted molar refractivity (Wildman–Crippen MR) is 112 cm³/mol. The number of ether oxygens (including phenoxy) is 2. The molecule has 2 aromatic carbocycles. The fourth-order valence-corrected chi connectivity index (χ4v) is 4.91. The molecule has 0 N–H and O–H groups in total. The molecule has 1 heterocycles. The van der Waals surface area contributed by atoms with Gasteiger partial charge in [0.15, 0.2) is 11.5 Å². The van der Waals surface area contributed by atoms with Crippen molar-refractivity contribution < 1.29 is 31.6 Å². The number of benzene rings is 2. The first-order valence-corrected chi connectivity index (χ1v) is 11.2. The summed E-state index contributed by atoms with van der Waals surface area (Å²) in [5.41, 5.74) is -0.153. The number of hydrogen-bond donors (Lipinski definition) is 0. The molecule has 0 aromatic heterocycles. The molecule has 0 saturated carbocycles. The molecule has 1 aliphatic heterocycles. The van der Waals surface area contributed by atoms with Crippen molar-refractivity contribution >= 4 is 27.3 Å². The molecule has 1 aliphatic rings. The Morgan fingerprint density at radius 1 is 1.12 bits per heavy atom. The molecule has 9 nitrogen and oxygen atoms in total. The number of alkyl halides is 2. The van der Waals surface area contributed by atoms with E-state index >= 15 is 0 Å². The Kier molecular flexibility index (Phi) is 7.49. The molecule has 174 valence electrons. The van der Waals surface area contributed by atoms with Crippen LogP contribution in [0.15, 0.2) is 41.3 Å². The minimum absolute atomic E-state index is 0.0603. The normalized spacial score (nSPS) is 15.7. The van der Waals surface area contributed by atoms with Crippen molar-refractivity contribution in [1.29, 1.82) is 0 Å². The fraction of sp³-hybridized carbons (Fsp3) is 0.368. The van der Waals surface area contributed by atoms with E-state index in [0.29, 0.717) is 18.1 Å².